The van der Waals surface area contributed by atoms with Crippen LogP contribution in [0, 0.1) is 0 Å². The second-order valence-corrected chi connectivity index (χ2v) is 6.92. The molecule has 0 unspecified atom stereocenters. The summed E-state index contributed by atoms with van der Waals surface area (Å²) in [7, 11) is -1.94. The Morgan fingerprint density at radius 1 is 1.18 bits per heavy atom. The number of ether oxygens (including phenoxy) is 1. The van der Waals surface area contributed by atoms with E-state index in [4.69, 9.17) is 4.74 Å². The molecule has 0 heterocycles. The van der Waals surface area contributed by atoms with Crippen LogP contribution in [-0.4, -0.2) is 27.7 Å². The highest BCUT2D eigenvalue weighted by molar-refractivity contribution is 7.89. The van der Waals surface area contributed by atoms with Crippen LogP contribution < -0.4 is 9.46 Å². The molecular weight excluding hydrogens is 302 g/mol. The highest BCUT2D eigenvalue weighted by Crippen LogP contribution is 2.27. The molecule has 2 aromatic carbocycles. The molecule has 0 bridgehead atoms. The molecule has 118 valence electrons. The van der Waals surface area contributed by atoms with E-state index >= 15 is 0 Å². The van der Waals surface area contributed by atoms with E-state index in [1.54, 1.807) is 7.11 Å². The maximum atomic E-state index is 12.1. The zero-order chi connectivity index (χ0) is 16.3. The lowest BCUT2D eigenvalue weighted by atomic mass is 9.93. The van der Waals surface area contributed by atoms with Crippen molar-refractivity contribution in [2.75, 3.05) is 13.4 Å². The molecule has 0 aromatic heterocycles. The molecule has 6 heteroatoms. The monoisotopic (exact) mass is 321 g/mol. The molecular formula is C16H19NO4S. The summed E-state index contributed by atoms with van der Waals surface area (Å²) in [6.45, 7) is 1.85. The van der Waals surface area contributed by atoms with Gasteiger partial charge >= 0.3 is 0 Å². The Kier molecular flexibility index (Phi) is 4.71. The van der Waals surface area contributed by atoms with Crippen molar-refractivity contribution in [3.8, 4) is 5.75 Å². The summed E-state index contributed by atoms with van der Waals surface area (Å²) < 4.78 is 29.7. The van der Waals surface area contributed by atoms with E-state index in [1.165, 1.54) is 0 Å². The quantitative estimate of drug-likeness (QED) is 0.918. The van der Waals surface area contributed by atoms with Crippen molar-refractivity contribution < 1.29 is 17.9 Å². The van der Waals surface area contributed by atoms with Crippen LogP contribution in [0.15, 0.2) is 36.4 Å². The van der Waals surface area contributed by atoms with Crippen molar-refractivity contribution in [1.29, 1.82) is 0 Å². The Labute approximate surface area is 130 Å². The molecule has 0 saturated carbocycles. The van der Waals surface area contributed by atoms with Crippen molar-refractivity contribution >= 4 is 26.7 Å². The highest BCUT2D eigenvalue weighted by Gasteiger charge is 2.21. The summed E-state index contributed by atoms with van der Waals surface area (Å²) in [5, 5.41) is 1.98. The molecule has 0 saturated heterocycles. The van der Waals surface area contributed by atoms with Gasteiger partial charge in [-0.2, -0.15) is 0 Å². The van der Waals surface area contributed by atoms with E-state index in [0.29, 0.717) is 6.42 Å². The van der Waals surface area contributed by atoms with Crippen LogP contribution in [0.5, 0.6) is 5.75 Å². The molecule has 0 aliphatic carbocycles. The average molecular weight is 321 g/mol. The minimum atomic E-state index is -3.55. The van der Waals surface area contributed by atoms with Crippen LogP contribution in [0.4, 0.5) is 0 Å². The largest absolute Gasteiger partial charge is 0.497 e. The topological polar surface area (TPSA) is 72.5 Å². The van der Waals surface area contributed by atoms with Crippen LogP contribution in [0.2, 0.25) is 0 Å². The number of hydrogen-bond acceptors (Lipinski definition) is 4. The summed E-state index contributed by atoms with van der Waals surface area (Å²) in [5.74, 6) is -0.235. The van der Waals surface area contributed by atoms with Gasteiger partial charge in [0.05, 0.1) is 19.3 Å². The molecule has 0 radical (unpaired) electrons. The van der Waals surface area contributed by atoms with Gasteiger partial charge in [-0.1, -0.05) is 31.2 Å². The molecule has 22 heavy (non-hydrogen) atoms. The molecule has 2 aromatic rings. The van der Waals surface area contributed by atoms with E-state index in [0.717, 1.165) is 28.3 Å². The SMILES string of the molecule is CC[C@@H](C(=O)NS(C)(=O)=O)c1ccc2cc(OC)ccc2c1. The van der Waals surface area contributed by atoms with Crippen molar-refractivity contribution in [3.63, 3.8) is 0 Å². The number of benzene rings is 2. The van der Waals surface area contributed by atoms with E-state index in [2.05, 4.69) is 0 Å². The van der Waals surface area contributed by atoms with Gasteiger partial charge in [-0.25, -0.2) is 8.42 Å². The summed E-state index contributed by atoms with van der Waals surface area (Å²) >= 11 is 0. The molecule has 2 rings (SSSR count). The third-order valence-electron chi connectivity index (χ3n) is 3.48. The van der Waals surface area contributed by atoms with Crippen LogP contribution in [0.3, 0.4) is 0 Å². The Hall–Kier alpha value is -2.08. The first-order valence-corrected chi connectivity index (χ1v) is 8.82. The predicted octanol–water partition coefficient (Wildman–Crippen LogP) is 2.42. The Morgan fingerprint density at radius 3 is 2.41 bits per heavy atom. The third kappa shape index (κ3) is 3.76. The fourth-order valence-electron chi connectivity index (χ4n) is 2.41. The first-order valence-electron chi connectivity index (χ1n) is 6.93. The minimum absolute atomic E-state index is 0.499. The lowest BCUT2D eigenvalue weighted by Crippen LogP contribution is -2.33. The second kappa shape index (κ2) is 6.36. The minimum Gasteiger partial charge on any atom is -0.497 e. The molecule has 0 spiro atoms. The summed E-state index contributed by atoms with van der Waals surface area (Å²) in [6.07, 6.45) is 1.49. The predicted molar refractivity (Wildman–Crippen MR) is 86.5 cm³/mol. The Bertz CT molecular complexity index is 799. The first-order chi connectivity index (χ1) is 10.3. The smallest absolute Gasteiger partial charge is 0.240 e. The average Bonchev–Trinajstić information content (AvgIpc) is 2.45. The van der Waals surface area contributed by atoms with E-state index < -0.39 is 21.8 Å². The maximum Gasteiger partial charge on any atom is 0.240 e. The number of carbonyl (C=O) groups excluding carboxylic acids is 1. The summed E-state index contributed by atoms with van der Waals surface area (Å²) in [5.41, 5.74) is 0.793. The van der Waals surface area contributed by atoms with Crippen molar-refractivity contribution in [1.82, 2.24) is 4.72 Å². The molecule has 0 fully saturated rings. The van der Waals surface area contributed by atoms with Gasteiger partial charge in [0.25, 0.3) is 0 Å². The number of nitrogens with one attached hydrogen (secondary N) is 1. The number of sulfonamides is 1. The van der Waals surface area contributed by atoms with Crippen molar-refractivity contribution in [2.45, 2.75) is 19.3 Å². The lowest BCUT2D eigenvalue weighted by Gasteiger charge is -2.15. The van der Waals surface area contributed by atoms with Crippen molar-refractivity contribution in [2.24, 2.45) is 0 Å². The highest BCUT2D eigenvalue weighted by atomic mass is 32.2. The van der Waals surface area contributed by atoms with Gasteiger partial charge in [0.1, 0.15) is 5.75 Å². The Morgan fingerprint density at radius 2 is 1.82 bits per heavy atom. The van der Waals surface area contributed by atoms with Gasteiger partial charge in [-0.15, -0.1) is 0 Å². The zero-order valence-electron chi connectivity index (χ0n) is 12.8. The van der Waals surface area contributed by atoms with Crippen LogP contribution in [-0.2, 0) is 14.8 Å². The fraction of sp³-hybridized carbons (Fsp3) is 0.312. The number of fused-ring (bicyclic) bond motifs is 1. The van der Waals surface area contributed by atoms with Crippen LogP contribution in [0.25, 0.3) is 10.8 Å². The normalized spacial score (nSPS) is 12.9. The van der Waals surface area contributed by atoms with Crippen LogP contribution >= 0.6 is 0 Å². The molecule has 0 aliphatic heterocycles. The van der Waals surface area contributed by atoms with E-state index in [1.807, 2.05) is 48.0 Å². The van der Waals surface area contributed by atoms with Crippen molar-refractivity contribution in [3.05, 3.63) is 42.0 Å². The number of rotatable bonds is 5. The molecule has 1 N–H and O–H groups in total. The number of amides is 1. The summed E-state index contributed by atoms with van der Waals surface area (Å²) in [4.78, 5) is 12.1. The van der Waals surface area contributed by atoms with Gasteiger partial charge in [0.15, 0.2) is 0 Å². The van der Waals surface area contributed by atoms with Gasteiger partial charge in [-0.3, -0.25) is 9.52 Å². The lowest BCUT2D eigenvalue weighted by molar-refractivity contribution is -0.120. The molecule has 0 aliphatic rings. The van der Waals surface area contributed by atoms with Crippen LogP contribution in [0.1, 0.15) is 24.8 Å². The third-order valence-corrected chi connectivity index (χ3v) is 4.06. The first kappa shape index (κ1) is 16.3. The van der Waals surface area contributed by atoms with E-state index in [-0.39, 0.29) is 0 Å². The number of hydrogen-bond donors (Lipinski definition) is 1. The second-order valence-electron chi connectivity index (χ2n) is 5.17. The molecule has 1 amide bonds. The fourth-order valence-corrected chi connectivity index (χ4v) is 2.92. The summed E-state index contributed by atoms with van der Waals surface area (Å²) in [6, 6.07) is 11.3. The van der Waals surface area contributed by atoms with Gasteiger partial charge in [0.2, 0.25) is 15.9 Å². The molecule has 1 atom stereocenters. The van der Waals surface area contributed by atoms with Gasteiger partial charge < -0.3 is 4.74 Å². The maximum absolute atomic E-state index is 12.1. The van der Waals surface area contributed by atoms with E-state index in [9.17, 15) is 13.2 Å². The van der Waals surface area contributed by atoms with Gasteiger partial charge in [0, 0.05) is 0 Å². The zero-order valence-corrected chi connectivity index (χ0v) is 13.6. The Balaban J connectivity index is 2.37. The number of carbonyl (C=O) groups is 1. The molecule has 5 nitrogen and oxygen atoms in total. The standard InChI is InChI=1S/C16H19NO4S/c1-4-15(16(18)17-22(3,19)20)13-6-5-12-10-14(21-2)8-7-11(12)9-13/h5-10,15H,4H2,1-3H3,(H,17,18)/t15-/m1/s1. The van der Waals surface area contributed by atoms with Gasteiger partial charge in [-0.05, 0) is 34.9 Å². The number of methoxy groups -OCH3 is 1.